The molecule has 0 aliphatic carbocycles. The number of nitrogens with one attached hydrogen (secondary N) is 1. The normalized spacial score (nSPS) is 16.0. The lowest BCUT2D eigenvalue weighted by molar-refractivity contribution is -0.123. The van der Waals surface area contributed by atoms with Crippen molar-refractivity contribution in [2.75, 3.05) is 26.2 Å². The third-order valence-electron chi connectivity index (χ3n) is 4.86. The largest absolute Gasteiger partial charge is 0.484 e. The molecule has 1 aliphatic heterocycles. The first-order chi connectivity index (χ1) is 12.6. The summed E-state index contributed by atoms with van der Waals surface area (Å²) in [5, 5.41) is 2.98. The van der Waals surface area contributed by atoms with E-state index < -0.39 is 0 Å². The van der Waals surface area contributed by atoms with Crippen LogP contribution in [-0.4, -0.2) is 37.0 Å². The van der Waals surface area contributed by atoms with Gasteiger partial charge in [-0.3, -0.25) is 9.69 Å². The molecule has 0 radical (unpaired) electrons. The summed E-state index contributed by atoms with van der Waals surface area (Å²) in [6.07, 6.45) is 4.07. The van der Waals surface area contributed by atoms with Crippen LogP contribution in [0.25, 0.3) is 0 Å². The number of likely N-dealkylation sites (tertiary alicyclic amines) is 1. The Morgan fingerprint density at radius 3 is 2.54 bits per heavy atom. The minimum Gasteiger partial charge on any atom is -0.484 e. The van der Waals surface area contributed by atoms with Gasteiger partial charge in [0.05, 0.1) is 12.3 Å². The number of benzene rings is 1. The monoisotopic (exact) mass is 356 g/mol. The first kappa shape index (κ1) is 18.5. The Morgan fingerprint density at radius 2 is 1.92 bits per heavy atom. The minimum absolute atomic E-state index is 0.0197. The third kappa shape index (κ3) is 4.88. The van der Waals surface area contributed by atoms with Crippen LogP contribution < -0.4 is 10.1 Å². The number of ether oxygens (including phenoxy) is 1. The van der Waals surface area contributed by atoms with E-state index in [1.807, 2.05) is 36.4 Å². The summed E-state index contributed by atoms with van der Waals surface area (Å²) in [5.74, 6) is 1.98. The number of furan rings is 1. The molecule has 3 rings (SSSR count). The quantitative estimate of drug-likeness (QED) is 0.783. The van der Waals surface area contributed by atoms with E-state index in [0.29, 0.717) is 18.2 Å². The Kier molecular flexibility index (Phi) is 6.34. The van der Waals surface area contributed by atoms with Crippen LogP contribution in [0.5, 0.6) is 5.75 Å². The Labute approximate surface area is 155 Å². The number of carbonyl (C=O) groups excluding carboxylic acids is 1. The average molecular weight is 356 g/mol. The summed E-state index contributed by atoms with van der Waals surface area (Å²) in [5.41, 5.74) is 1.26. The standard InChI is InChI=1S/C21H28N2O3/c1-16(2)17-7-9-18(10-8-17)26-15-21(24)22-14-19(20-6-5-13-25-20)23-11-3-4-12-23/h5-10,13,16,19H,3-4,11-12,14-15H2,1-2H3,(H,22,24)/t19-/m0/s1. The van der Waals surface area contributed by atoms with Gasteiger partial charge in [-0.1, -0.05) is 26.0 Å². The maximum atomic E-state index is 12.2. The molecule has 26 heavy (non-hydrogen) atoms. The molecule has 1 aromatic carbocycles. The summed E-state index contributed by atoms with van der Waals surface area (Å²) in [6, 6.07) is 11.9. The molecule has 5 nitrogen and oxygen atoms in total. The molecule has 2 heterocycles. The summed E-state index contributed by atoms with van der Waals surface area (Å²) < 4.78 is 11.2. The second-order valence-electron chi connectivity index (χ2n) is 7.09. The Hall–Kier alpha value is -2.27. The van der Waals surface area contributed by atoms with Crippen LogP contribution in [0.3, 0.4) is 0 Å². The fraction of sp³-hybridized carbons (Fsp3) is 0.476. The Morgan fingerprint density at radius 1 is 1.19 bits per heavy atom. The van der Waals surface area contributed by atoms with Crippen LogP contribution in [0, 0.1) is 0 Å². The van der Waals surface area contributed by atoms with Crippen molar-refractivity contribution in [1.29, 1.82) is 0 Å². The maximum absolute atomic E-state index is 12.2. The SMILES string of the molecule is CC(C)c1ccc(OCC(=O)NC[C@@H](c2ccco2)N2CCCC2)cc1. The molecule has 1 N–H and O–H groups in total. The molecule has 1 saturated heterocycles. The highest BCUT2D eigenvalue weighted by Gasteiger charge is 2.25. The van der Waals surface area contributed by atoms with Crippen molar-refractivity contribution in [3.63, 3.8) is 0 Å². The summed E-state index contributed by atoms with van der Waals surface area (Å²) in [6.45, 7) is 6.94. The first-order valence-electron chi connectivity index (χ1n) is 9.40. The molecule has 0 bridgehead atoms. The highest BCUT2D eigenvalue weighted by Crippen LogP contribution is 2.25. The molecule has 1 fully saturated rings. The topological polar surface area (TPSA) is 54.7 Å². The van der Waals surface area contributed by atoms with Crippen LogP contribution in [-0.2, 0) is 4.79 Å². The molecule has 1 amide bonds. The second kappa shape index (κ2) is 8.90. The molecule has 5 heteroatoms. The first-order valence-corrected chi connectivity index (χ1v) is 9.40. The van der Waals surface area contributed by atoms with E-state index in [4.69, 9.17) is 9.15 Å². The van der Waals surface area contributed by atoms with Gasteiger partial charge in [0.15, 0.2) is 6.61 Å². The molecular weight excluding hydrogens is 328 g/mol. The van der Waals surface area contributed by atoms with Crippen molar-refractivity contribution >= 4 is 5.91 Å². The van der Waals surface area contributed by atoms with Crippen LogP contribution >= 0.6 is 0 Å². The predicted octanol–water partition coefficient (Wildman–Crippen LogP) is 3.74. The van der Waals surface area contributed by atoms with E-state index in [-0.39, 0.29) is 18.6 Å². The number of hydrogen-bond acceptors (Lipinski definition) is 4. The molecule has 140 valence electrons. The fourth-order valence-electron chi connectivity index (χ4n) is 3.30. The molecular formula is C21H28N2O3. The molecule has 0 spiro atoms. The molecule has 0 unspecified atom stereocenters. The van der Waals surface area contributed by atoms with E-state index in [9.17, 15) is 4.79 Å². The van der Waals surface area contributed by atoms with Crippen molar-refractivity contribution in [3.05, 3.63) is 54.0 Å². The number of amides is 1. The molecule has 2 aromatic rings. The smallest absolute Gasteiger partial charge is 0.258 e. The summed E-state index contributed by atoms with van der Waals surface area (Å²) >= 11 is 0. The molecule has 1 atom stereocenters. The second-order valence-corrected chi connectivity index (χ2v) is 7.09. The van der Waals surface area contributed by atoms with Gasteiger partial charge in [-0.15, -0.1) is 0 Å². The van der Waals surface area contributed by atoms with Crippen molar-refractivity contribution in [2.24, 2.45) is 0 Å². The van der Waals surface area contributed by atoms with E-state index in [1.165, 1.54) is 18.4 Å². The number of rotatable bonds is 8. The van der Waals surface area contributed by atoms with Gasteiger partial charge in [0.25, 0.3) is 5.91 Å². The van der Waals surface area contributed by atoms with E-state index in [0.717, 1.165) is 18.8 Å². The number of hydrogen-bond donors (Lipinski definition) is 1. The van der Waals surface area contributed by atoms with Gasteiger partial charge in [0, 0.05) is 6.54 Å². The number of nitrogens with zero attached hydrogens (tertiary/aromatic N) is 1. The van der Waals surface area contributed by atoms with Crippen LogP contribution in [0.2, 0.25) is 0 Å². The summed E-state index contributed by atoms with van der Waals surface area (Å²) in [7, 11) is 0. The lowest BCUT2D eigenvalue weighted by Crippen LogP contribution is -2.38. The van der Waals surface area contributed by atoms with Crippen LogP contribution in [0.15, 0.2) is 47.1 Å². The average Bonchev–Trinajstić information content (AvgIpc) is 3.35. The van der Waals surface area contributed by atoms with Crippen LogP contribution in [0.4, 0.5) is 0 Å². The lowest BCUT2D eigenvalue weighted by Gasteiger charge is -2.26. The molecule has 1 aromatic heterocycles. The third-order valence-corrected chi connectivity index (χ3v) is 4.86. The number of carbonyl (C=O) groups is 1. The van der Waals surface area contributed by atoms with Gasteiger partial charge in [-0.2, -0.15) is 0 Å². The Balaban J connectivity index is 1.49. The highest BCUT2D eigenvalue weighted by atomic mass is 16.5. The zero-order valence-corrected chi connectivity index (χ0v) is 15.6. The molecule has 1 aliphatic rings. The zero-order valence-electron chi connectivity index (χ0n) is 15.6. The van der Waals surface area contributed by atoms with Crippen molar-refractivity contribution < 1.29 is 13.9 Å². The molecule has 0 saturated carbocycles. The van der Waals surface area contributed by atoms with Crippen LogP contribution in [0.1, 0.15) is 50.0 Å². The Bertz CT molecular complexity index is 674. The zero-order chi connectivity index (χ0) is 18.4. The predicted molar refractivity (Wildman–Crippen MR) is 101 cm³/mol. The van der Waals surface area contributed by atoms with Gasteiger partial charge in [0.2, 0.25) is 0 Å². The van der Waals surface area contributed by atoms with Crippen molar-refractivity contribution in [3.8, 4) is 5.75 Å². The van der Waals surface area contributed by atoms with Gasteiger partial charge < -0.3 is 14.5 Å². The summed E-state index contributed by atoms with van der Waals surface area (Å²) in [4.78, 5) is 14.6. The van der Waals surface area contributed by atoms with Gasteiger partial charge in [-0.05, 0) is 61.7 Å². The lowest BCUT2D eigenvalue weighted by atomic mass is 10.0. The van der Waals surface area contributed by atoms with E-state index >= 15 is 0 Å². The highest BCUT2D eigenvalue weighted by molar-refractivity contribution is 5.77. The van der Waals surface area contributed by atoms with E-state index in [2.05, 4.69) is 24.1 Å². The van der Waals surface area contributed by atoms with Gasteiger partial charge in [0.1, 0.15) is 11.5 Å². The maximum Gasteiger partial charge on any atom is 0.258 e. The van der Waals surface area contributed by atoms with Crippen molar-refractivity contribution in [2.45, 2.75) is 38.6 Å². The van der Waals surface area contributed by atoms with Gasteiger partial charge >= 0.3 is 0 Å². The van der Waals surface area contributed by atoms with Crippen molar-refractivity contribution in [1.82, 2.24) is 10.2 Å². The van der Waals surface area contributed by atoms with Gasteiger partial charge in [-0.25, -0.2) is 0 Å². The minimum atomic E-state index is -0.117. The fourth-order valence-corrected chi connectivity index (χ4v) is 3.30. The van der Waals surface area contributed by atoms with E-state index in [1.54, 1.807) is 6.26 Å².